The van der Waals surface area contributed by atoms with Gasteiger partial charge in [-0.2, -0.15) is 0 Å². The Labute approximate surface area is 138 Å². The molecule has 0 aliphatic heterocycles. The molecule has 2 aliphatic rings. The molecule has 24 heavy (non-hydrogen) atoms. The third-order valence-electron chi connectivity index (χ3n) is 4.87. The maximum absolute atomic E-state index is 12.9. The van der Waals surface area contributed by atoms with Crippen molar-refractivity contribution in [2.75, 3.05) is 0 Å². The molecular formula is C18H19N3O3. The van der Waals surface area contributed by atoms with Gasteiger partial charge in [-0.3, -0.25) is 19.1 Å². The van der Waals surface area contributed by atoms with Crippen LogP contribution < -0.4 is 11.2 Å². The molecule has 1 fully saturated rings. The van der Waals surface area contributed by atoms with Gasteiger partial charge in [-0.25, -0.2) is 4.79 Å². The molecule has 124 valence electrons. The summed E-state index contributed by atoms with van der Waals surface area (Å²) in [6, 6.07) is 9.90. The summed E-state index contributed by atoms with van der Waals surface area (Å²) < 4.78 is 1.26. The highest BCUT2D eigenvalue weighted by atomic mass is 16.2. The first-order valence-electron chi connectivity index (χ1n) is 8.32. The van der Waals surface area contributed by atoms with Gasteiger partial charge in [0.05, 0.1) is 6.04 Å². The molecule has 0 saturated heterocycles. The second kappa shape index (κ2) is 5.78. The molecule has 1 atom stereocenters. The molecule has 1 aromatic heterocycles. The minimum absolute atomic E-state index is 0.0369. The summed E-state index contributed by atoms with van der Waals surface area (Å²) in [6.07, 6.45) is 5.33. The summed E-state index contributed by atoms with van der Waals surface area (Å²) in [5.74, 6) is -0.0617. The summed E-state index contributed by atoms with van der Waals surface area (Å²) in [5, 5.41) is 0. The maximum Gasteiger partial charge on any atom is 0.328 e. The van der Waals surface area contributed by atoms with Crippen molar-refractivity contribution in [2.24, 2.45) is 0 Å². The lowest BCUT2D eigenvalue weighted by molar-refractivity contribution is -0.135. The smallest absolute Gasteiger partial charge is 0.328 e. The second-order valence-corrected chi connectivity index (χ2v) is 6.52. The lowest BCUT2D eigenvalue weighted by Crippen LogP contribution is -2.41. The van der Waals surface area contributed by atoms with Crippen molar-refractivity contribution in [3.63, 3.8) is 0 Å². The summed E-state index contributed by atoms with van der Waals surface area (Å²) >= 11 is 0. The normalized spacial score (nSPS) is 19.1. The zero-order chi connectivity index (χ0) is 16.7. The number of hydrogen-bond acceptors (Lipinski definition) is 3. The Morgan fingerprint density at radius 2 is 1.96 bits per heavy atom. The minimum atomic E-state index is -0.543. The number of nitrogens with zero attached hydrogens (tertiary/aromatic N) is 2. The van der Waals surface area contributed by atoms with Gasteiger partial charge in [0.1, 0.15) is 6.54 Å². The summed E-state index contributed by atoms with van der Waals surface area (Å²) in [4.78, 5) is 40.1. The number of amides is 1. The molecule has 1 amide bonds. The van der Waals surface area contributed by atoms with Crippen LogP contribution in [0.15, 0.2) is 46.1 Å². The molecule has 1 aromatic carbocycles. The highest BCUT2D eigenvalue weighted by Crippen LogP contribution is 2.41. The van der Waals surface area contributed by atoms with Gasteiger partial charge in [-0.15, -0.1) is 0 Å². The van der Waals surface area contributed by atoms with Crippen molar-refractivity contribution in [1.29, 1.82) is 0 Å². The van der Waals surface area contributed by atoms with Crippen LogP contribution >= 0.6 is 0 Å². The van der Waals surface area contributed by atoms with Crippen LogP contribution in [0.25, 0.3) is 0 Å². The van der Waals surface area contributed by atoms with E-state index in [9.17, 15) is 14.4 Å². The molecule has 1 heterocycles. The zero-order valence-corrected chi connectivity index (χ0v) is 13.3. The lowest BCUT2D eigenvalue weighted by Gasteiger charge is -2.30. The van der Waals surface area contributed by atoms with Crippen LogP contribution in [0.3, 0.4) is 0 Å². The first-order valence-corrected chi connectivity index (χ1v) is 8.32. The van der Waals surface area contributed by atoms with Crippen LogP contribution in [0, 0.1) is 0 Å². The summed E-state index contributed by atoms with van der Waals surface area (Å²) in [6.45, 7) is -0.0369. The van der Waals surface area contributed by atoms with E-state index in [2.05, 4.69) is 17.1 Å². The number of carbonyl (C=O) groups excluding carboxylic acids is 1. The molecule has 0 unspecified atom stereocenters. The fourth-order valence-corrected chi connectivity index (χ4v) is 3.60. The van der Waals surface area contributed by atoms with Gasteiger partial charge < -0.3 is 4.90 Å². The number of hydrogen-bond donors (Lipinski definition) is 1. The van der Waals surface area contributed by atoms with Crippen LogP contribution in [-0.2, 0) is 17.8 Å². The fourth-order valence-electron chi connectivity index (χ4n) is 3.60. The van der Waals surface area contributed by atoms with Gasteiger partial charge in [0.2, 0.25) is 5.91 Å². The molecular weight excluding hydrogens is 306 g/mol. The van der Waals surface area contributed by atoms with E-state index >= 15 is 0 Å². The van der Waals surface area contributed by atoms with Gasteiger partial charge in [-0.1, -0.05) is 24.3 Å². The summed E-state index contributed by atoms with van der Waals surface area (Å²) in [7, 11) is 0. The Bertz CT molecular complexity index is 895. The van der Waals surface area contributed by atoms with Crippen LogP contribution in [0.5, 0.6) is 0 Å². The van der Waals surface area contributed by atoms with E-state index < -0.39 is 11.2 Å². The average molecular weight is 325 g/mol. The SMILES string of the molecule is O=C(Cn1ccc(=O)[nH]c1=O)N(C1CC1)[C@H]1CCc2ccccc21. The van der Waals surface area contributed by atoms with Crippen LogP contribution in [-0.4, -0.2) is 26.4 Å². The third-order valence-corrected chi connectivity index (χ3v) is 4.87. The van der Waals surface area contributed by atoms with Gasteiger partial charge in [0.25, 0.3) is 5.56 Å². The highest BCUT2D eigenvalue weighted by molar-refractivity contribution is 5.77. The van der Waals surface area contributed by atoms with Gasteiger partial charge >= 0.3 is 5.69 Å². The highest BCUT2D eigenvalue weighted by Gasteiger charge is 2.40. The predicted octanol–water partition coefficient (Wildman–Crippen LogP) is 1.22. The van der Waals surface area contributed by atoms with Crippen LogP contribution in [0.4, 0.5) is 0 Å². The molecule has 6 heteroatoms. The van der Waals surface area contributed by atoms with Crippen molar-refractivity contribution >= 4 is 5.91 Å². The third kappa shape index (κ3) is 2.68. The predicted molar refractivity (Wildman–Crippen MR) is 88.7 cm³/mol. The van der Waals surface area contributed by atoms with Crippen molar-refractivity contribution in [3.8, 4) is 0 Å². The number of aromatic nitrogens is 2. The first-order chi connectivity index (χ1) is 11.6. The van der Waals surface area contributed by atoms with Crippen molar-refractivity contribution in [1.82, 2.24) is 14.5 Å². The number of aryl methyl sites for hydroxylation is 1. The molecule has 1 saturated carbocycles. The molecule has 4 rings (SSSR count). The molecule has 0 spiro atoms. The first kappa shape index (κ1) is 14.9. The van der Waals surface area contributed by atoms with Gasteiger partial charge in [0.15, 0.2) is 0 Å². The van der Waals surface area contributed by atoms with Crippen LogP contribution in [0.1, 0.15) is 36.4 Å². The van der Waals surface area contributed by atoms with E-state index in [1.807, 2.05) is 17.0 Å². The second-order valence-electron chi connectivity index (χ2n) is 6.52. The molecule has 2 aliphatic carbocycles. The van der Waals surface area contributed by atoms with Crippen molar-refractivity contribution < 1.29 is 4.79 Å². The summed E-state index contributed by atoms with van der Waals surface area (Å²) in [5.41, 5.74) is 1.54. The number of rotatable bonds is 4. The Balaban J connectivity index is 1.61. The molecule has 1 N–H and O–H groups in total. The lowest BCUT2D eigenvalue weighted by atomic mass is 10.1. The number of fused-ring (bicyclic) bond motifs is 1. The number of H-pyrrole nitrogens is 1. The van der Waals surface area contributed by atoms with E-state index in [1.54, 1.807) is 0 Å². The fraction of sp³-hybridized carbons (Fsp3) is 0.389. The monoisotopic (exact) mass is 325 g/mol. The molecule has 6 nitrogen and oxygen atoms in total. The van der Waals surface area contributed by atoms with Crippen LogP contribution in [0.2, 0.25) is 0 Å². The Morgan fingerprint density at radius 3 is 2.71 bits per heavy atom. The van der Waals surface area contributed by atoms with Crippen molar-refractivity contribution in [2.45, 2.75) is 44.3 Å². The average Bonchev–Trinajstić information content (AvgIpc) is 3.31. The van der Waals surface area contributed by atoms with E-state index in [4.69, 9.17) is 0 Å². The number of aromatic amines is 1. The van der Waals surface area contributed by atoms with Crippen molar-refractivity contribution in [3.05, 3.63) is 68.5 Å². The van der Waals surface area contributed by atoms with E-state index in [0.717, 1.165) is 25.7 Å². The molecule has 0 bridgehead atoms. The Kier molecular flexibility index (Phi) is 3.59. The largest absolute Gasteiger partial charge is 0.331 e. The van der Waals surface area contributed by atoms with Gasteiger partial charge in [-0.05, 0) is 36.8 Å². The number of nitrogens with one attached hydrogen (secondary N) is 1. The zero-order valence-electron chi connectivity index (χ0n) is 13.3. The maximum atomic E-state index is 12.9. The molecule has 2 aromatic rings. The Hall–Kier alpha value is -2.63. The van der Waals surface area contributed by atoms with E-state index in [1.165, 1.54) is 28.0 Å². The van der Waals surface area contributed by atoms with E-state index in [0.29, 0.717) is 0 Å². The molecule has 0 radical (unpaired) electrons. The van der Waals surface area contributed by atoms with Gasteiger partial charge in [0, 0.05) is 18.3 Å². The Morgan fingerprint density at radius 1 is 1.17 bits per heavy atom. The standard InChI is InChI=1S/C18H19N3O3/c22-16-9-10-20(18(24)19-16)11-17(23)21(13-6-7-13)15-8-5-12-3-1-2-4-14(12)15/h1-4,9-10,13,15H,5-8,11H2,(H,19,22,24)/t15-/m0/s1. The number of benzene rings is 1. The topological polar surface area (TPSA) is 75.2 Å². The van der Waals surface area contributed by atoms with E-state index in [-0.39, 0.29) is 24.5 Å². The minimum Gasteiger partial charge on any atom is -0.331 e. The quantitative estimate of drug-likeness (QED) is 0.918. The number of carbonyl (C=O) groups is 1.